The summed E-state index contributed by atoms with van der Waals surface area (Å²) in [5, 5.41) is 22.1. The highest BCUT2D eigenvalue weighted by molar-refractivity contribution is 5.89. The molecule has 5 aliphatic carbocycles. The van der Waals surface area contributed by atoms with Crippen molar-refractivity contribution < 1.29 is 19.4 Å². The number of aliphatic hydroxyl groups excluding tert-OH is 1. The zero-order chi connectivity index (χ0) is 27.4. The Morgan fingerprint density at radius 1 is 0.946 bits per heavy atom. The number of carbonyl (C=O) groups is 2. The van der Waals surface area contributed by atoms with Crippen LogP contribution >= 0.6 is 0 Å². The summed E-state index contributed by atoms with van der Waals surface area (Å²) in [5.41, 5.74) is -1.21. The van der Waals surface area contributed by atoms with Crippen LogP contribution < -0.4 is 0 Å². The standard InChI is InChI=1S/C32H49NO4/c1-27(2)11-13-32(26(36)37-8)14-12-31(7)24(20(32)17-27)21(34)15-23-29(5)16-19(18-33)25(35)28(3,4)22(29)9-10-30(23,31)6/h19-24,34H,9-17H2,1-8H3/t19?,20-,21-,22-,23+,24-,29-,30+,31+,32-/m0/s1. The van der Waals surface area contributed by atoms with Crippen LogP contribution in [0.15, 0.2) is 0 Å². The third-order valence-corrected chi connectivity index (χ3v) is 13.7. The van der Waals surface area contributed by atoms with Crippen LogP contribution in [0.3, 0.4) is 0 Å². The summed E-state index contributed by atoms with van der Waals surface area (Å²) in [6.07, 6.45) is 7.36. The van der Waals surface area contributed by atoms with Crippen LogP contribution in [0.4, 0.5) is 0 Å². The summed E-state index contributed by atoms with van der Waals surface area (Å²) < 4.78 is 5.46. The number of aliphatic hydroxyl groups is 1. The lowest BCUT2D eigenvalue weighted by Gasteiger charge is -2.73. The number of methoxy groups -OCH3 is 1. The number of ether oxygens (including phenoxy) is 1. The van der Waals surface area contributed by atoms with Crippen LogP contribution in [0.5, 0.6) is 0 Å². The smallest absolute Gasteiger partial charge is 0.312 e. The summed E-state index contributed by atoms with van der Waals surface area (Å²) in [7, 11) is 1.52. The molecule has 37 heavy (non-hydrogen) atoms. The second kappa shape index (κ2) is 8.06. The number of ketones is 1. The minimum absolute atomic E-state index is 0.0253. The second-order valence-electron chi connectivity index (χ2n) is 15.9. The van der Waals surface area contributed by atoms with Crippen LogP contribution in [-0.4, -0.2) is 30.1 Å². The van der Waals surface area contributed by atoms with E-state index in [9.17, 15) is 20.0 Å². The number of nitrogens with zero attached hydrogens (tertiary/aromatic N) is 1. The lowest BCUT2D eigenvalue weighted by molar-refractivity contribution is -0.271. The molecule has 1 unspecified atom stereocenters. The maximum atomic E-state index is 13.4. The van der Waals surface area contributed by atoms with Crippen molar-refractivity contribution in [1.29, 1.82) is 5.26 Å². The van der Waals surface area contributed by atoms with Gasteiger partial charge in [-0.15, -0.1) is 0 Å². The first-order valence-corrected chi connectivity index (χ1v) is 14.7. The van der Waals surface area contributed by atoms with E-state index in [-0.39, 0.29) is 57.1 Å². The SMILES string of the molecule is COC(=O)[C@]12CCC(C)(C)C[C@H]1[C@H]1[C@@H](O)C[C@@H]3[C@@]4(C)CC(C#N)C(=O)C(C)(C)[C@@H]4CC[C@@]3(C)[C@]1(C)CC2. The van der Waals surface area contributed by atoms with Crippen molar-refractivity contribution in [2.75, 3.05) is 7.11 Å². The molecular formula is C32H49NO4. The lowest BCUT2D eigenvalue weighted by Crippen LogP contribution is -2.70. The zero-order valence-electron chi connectivity index (χ0n) is 24.4. The van der Waals surface area contributed by atoms with E-state index in [1.54, 1.807) is 0 Å². The molecular weight excluding hydrogens is 462 g/mol. The van der Waals surface area contributed by atoms with E-state index < -0.39 is 22.9 Å². The molecule has 5 saturated carbocycles. The van der Waals surface area contributed by atoms with E-state index >= 15 is 0 Å². The van der Waals surface area contributed by atoms with Crippen molar-refractivity contribution in [1.82, 2.24) is 0 Å². The van der Waals surface area contributed by atoms with Gasteiger partial charge in [0.15, 0.2) is 5.78 Å². The van der Waals surface area contributed by atoms with Gasteiger partial charge in [-0.2, -0.15) is 5.26 Å². The molecule has 0 aromatic carbocycles. The summed E-state index contributed by atoms with van der Waals surface area (Å²) in [6.45, 7) is 16.0. The van der Waals surface area contributed by atoms with E-state index in [1.807, 2.05) is 0 Å². The van der Waals surface area contributed by atoms with Crippen LogP contribution in [0.2, 0.25) is 0 Å². The molecule has 0 bridgehead atoms. The minimum Gasteiger partial charge on any atom is -0.469 e. The molecule has 5 heteroatoms. The quantitative estimate of drug-likeness (QED) is 0.416. The molecule has 0 saturated heterocycles. The third kappa shape index (κ3) is 3.30. The fraction of sp³-hybridized carbons (Fsp3) is 0.906. The Hall–Kier alpha value is -1.41. The molecule has 0 radical (unpaired) electrons. The minimum atomic E-state index is -0.571. The van der Waals surface area contributed by atoms with Gasteiger partial charge in [-0.3, -0.25) is 9.59 Å². The largest absolute Gasteiger partial charge is 0.469 e. The summed E-state index contributed by atoms with van der Waals surface area (Å²) in [4.78, 5) is 26.7. The molecule has 5 rings (SSSR count). The van der Waals surface area contributed by atoms with E-state index in [0.29, 0.717) is 12.8 Å². The van der Waals surface area contributed by atoms with Gasteiger partial charge in [0.05, 0.1) is 24.7 Å². The van der Waals surface area contributed by atoms with Crippen molar-refractivity contribution in [2.45, 2.75) is 112 Å². The van der Waals surface area contributed by atoms with Crippen LogP contribution in [0.1, 0.15) is 106 Å². The molecule has 5 nitrogen and oxygen atoms in total. The third-order valence-electron chi connectivity index (χ3n) is 13.7. The number of hydrogen-bond donors (Lipinski definition) is 1. The van der Waals surface area contributed by atoms with Crippen molar-refractivity contribution in [2.24, 2.45) is 62.1 Å². The van der Waals surface area contributed by atoms with Crippen LogP contribution in [0, 0.1) is 73.4 Å². The topological polar surface area (TPSA) is 87.4 Å². The molecule has 0 aromatic heterocycles. The number of carbonyl (C=O) groups excluding carboxylic acids is 2. The van der Waals surface area contributed by atoms with Gasteiger partial charge in [0.25, 0.3) is 0 Å². The van der Waals surface area contributed by atoms with Crippen molar-refractivity contribution in [3.8, 4) is 6.07 Å². The molecule has 0 amide bonds. The van der Waals surface area contributed by atoms with Crippen LogP contribution in [-0.2, 0) is 14.3 Å². The average Bonchev–Trinajstić information content (AvgIpc) is 2.82. The van der Waals surface area contributed by atoms with Gasteiger partial charge in [-0.05, 0) is 103 Å². The number of rotatable bonds is 1. The zero-order valence-corrected chi connectivity index (χ0v) is 24.4. The Morgan fingerprint density at radius 3 is 2.22 bits per heavy atom. The molecule has 10 atom stereocenters. The number of Topliss-reactive ketones (excluding diaryl/α,β-unsaturated/α-hetero) is 1. The van der Waals surface area contributed by atoms with Crippen molar-refractivity contribution in [3.63, 3.8) is 0 Å². The highest BCUT2D eigenvalue weighted by Crippen LogP contribution is 2.77. The maximum absolute atomic E-state index is 13.4. The average molecular weight is 512 g/mol. The molecule has 0 aliphatic heterocycles. The number of fused-ring (bicyclic) bond motifs is 7. The molecule has 206 valence electrons. The fourth-order valence-electron chi connectivity index (χ4n) is 11.7. The highest BCUT2D eigenvalue weighted by atomic mass is 16.5. The summed E-state index contributed by atoms with van der Waals surface area (Å²) >= 11 is 0. The predicted octanol–water partition coefficient (Wildman–Crippen LogP) is 6.33. The first-order valence-electron chi connectivity index (χ1n) is 14.7. The fourth-order valence-corrected chi connectivity index (χ4v) is 11.7. The Balaban J connectivity index is 1.61. The van der Waals surface area contributed by atoms with E-state index in [2.05, 4.69) is 54.5 Å². The van der Waals surface area contributed by atoms with Gasteiger partial charge >= 0.3 is 5.97 Å². The first kappa shape index (κ1) is 27.2. The van der Waals surface area contributed by atoms with Gasteiger partial charge in [0.1, 0.15) is 5.92 Å². The normalized spacial score (nSPS) is 51.9. The van der Waals surface area contributed by atoms with E-state index in [1.165, 1.54) is 7.11 Å². The lowest BCUT2D eigenvalue weighted by atomic mass is 9.30. The van der Waals surface area contributed by atoms with Crippen molar-refractivity contribution >= 4 is 11.8 Å². The molecule has 0 aromatic rings. The predicted molar refractivity (Wildman–Crippen MR) is 142 cm³/mol. The second-order valence-corrected chi connectivity index (χ2v) is 15.9. The Morgan fingerprint density at radius 2 is 1.59 bits per heavy atom. The molecule has 0 spiro atoms. The van der Waals surface area contributed by atoms with E-state index in [4.69, 9.17) is 4.74 Å². The Kier molecular flexibility index (Phi) is 5.92. The van der Waals surface area contributed by atoms with Gasteiger partial charge in [-0.1, -0.05) is 48.5 Å². The number of esters is 1. The monoisotopic (exact) mass is 511 g/mol. The van der Waals surface area contributed by atoms with Gasteiger partial charge in [0.2, 0.25) is 0 Å². The molecule has 5 aliphatic rings. The van der Waals surface area contributed by atoms with Gasteiger partial charge in [-0.25, -0.2) is 0 Å². The van der Waals surface area contributed by atoms with Crippen LogP contribution in [0.25, 0.3) is 0 Å². The first-order chi connectivity index (χ1) is 17.0. The Labute approximate surface area is 224 Å². The van der Waals surface area contributed by atoms with Crippen molar-refractivity contribution in [3.05, 3.63) is 0 Å². The number of nitriles is 1. The van der Waals surface area contributed by atoms with E-state index in [0.717, 1.165) is 44.9 Å². The molecule has 1 N–H and O–H groups in total. The highest BCUT2D eigenvalue weighted by Gasteiger charge is 2.73. The summed E-state index contributed by atoms with van der Waals surface area (Å²) in [6, 6.07) is 2.36. The molecule has 0 heterocycles. The number of hydrogen-bond acceptors (Lipinski definition) is 5. The Bertz CT molecular complexity index is 1040. The molecule has 5 fully saturated rings. The summed E-state index contributed by atoms with van der Waals surface area (Å²) in [5.74, 6) is 0.0671. The van der Waals surface area contributed by atoms with Gasteiger partial charge < -0.3 is 9.84 Å². The van der Waals surface area contributed by atoms with Gasteiger partial charge in [0, 0.05) is 5.41 Å². The maximum Gasteiger partial charge on any atom is 0.312 e.